The quantitative estimate of drug-likeness (QED) is 0.676. The fourth-order valence-corrected chi connectivity index (χ4v) is 2.34. The van der Waals surface area contributed by atoms with Gasteiger partial charge >= 0.3 is 0 Å². The first-order valence-electron chi connectivity index (χ1n) is 6.80. The highest BCUT2D eigenvalue weighted by Crippen LogP contribution is 2.18. The van der Waals surface area contributed by atoms with E-state index in [1.54, 1.807) is 0 Å². The number of hydrogen-bond donors (Lipinski definition) is 1. The number of nitrogens with one attached hydrogen (secondary N) is 1. The highest BCUT2D eigenvalue weighted by atomic mass is 15.1. The molecule has 2 fully saturated rings. The van der Waals surface area contributed by atoms with Crippen LogP contribution >= 0.6 is 0 Å². The van der Waals surface area contributed by atoms with Crippen molar-refractivity contribution in [3.05, 3.63) is 0 Å². The molecular weight excluding hydrogens is 184 g/mol. The highest BCUT2D eigenvalue weighted by Gasteiger charge is 2.19. The molecule has 1 aliphatic heterocycles. The summed E-state index contributed by atoms with van der Waals surface area (Å²) in [6, 6.07) is 0.890. The molecule has 1 heterocycles. The summed E-state index contributed by atoms with van der Waals surface area (Å²) in [6.07, 6.45) is 8.42. The fraction of sp³-hybridized carbons (Fsp3) is 1.00. The molecule has 1 aliphatic carbocycles. The van der Waals surface area contributed by atoms with E-state index in [-0.39, 0.29) is 0 Å². The minimum atomic E-state index is 0.890. The predicted octanol–water partition coefficient (Wildman–Crippen LogP) is 2.25. The second-order valence-corrected chi connectivity index (χ2v) is 5.46. The minimum absolute atomic E-state index is 0.890. The summed E-state index contributed by atoms with van der Waals surface area (Å²) in [5, 5.41) is 3.58. The van der Waals surface area contributed by atoms with Gasteiger partial charge in [-0.2, -0.15) is 0 Å². The molecule has 15 heavy (non-hydrogen) atoms. The Bertz CT molecular complexity index is 169. The first kappa shape index (κ1) is 11.4. The molecule has 0 spiro atoms. The third kappa shape index (κ3) is 4.52. The second kappa shape index (κ2) is 5.86. The van der Waals surface area contributed by atoms with Gasteiger partial charge in [-0.15, -0.1) is 0 Å². The van der Waals surface area contributed by atoms with Crippen LogP contribution in [0.15, 0.2) is 0 Å². The molecule has 2 rings (SSSR count). The number of hydrogen-bond acceptors (Lipinski definition) is 2. The van der Waals surface area contributed by atoms with Crippen molar-refractivity contribution >= 4 is 0 Å². The average Bonchev–Trinajstić information content (AvgIpc) is 3.04. The van der Waals surface area contributed by atoms with Gasteiger partial charge in [-0.05, 0) is 70.6 Å². The van der Waals surface area contributed by atoms with Crippen molar-refractivity contribution < 1.29 is 0 Å². The van der Waals surface area contributed by atoms with Gasteiger partial charge in [0, 0.05) is 6.04 Å². The van der Waals surface area contributed by atoms with E-state index in [4.69, 9.17) is 0 Å². The van der Waals surface area contributed by atoms with Gasteiger partial charge in [0.15, 0.2) is 0 Å². The molecule has 88 valence electrons. The lowest BCUT2D eigenvalue weighted by molar-refractivity contribution is 0.189. The van der Waals surface area contributed by atoms with Crippen LogP contribution in [0.25, 0.3) is 0 Å². The molecule has 0 radical (unpaired) electrons. The molecule has 2 heteroatoms. The predicted molar refractivity (Wildman–Crippen MR) is 65.1 cm³/mol. The molecule has 0 amide bonds. The van der Waals surface area contributed by atoms with Gasteiger partial charge in [-0.1, -0.05) is 6.92 Å². The van der Waals surface area contributed by atoms with E-state index in [0.717, 1.165) is 12.0 Å². The largest absolute Gasteiger partial charge is 0.314 e. The third-order valence-corrected chi connectivity index (χ3v) is 3.79. The lowest BCUT2D eigenvalue weighted by atomic mass is 9.99. The van der Waals surface area contributed by atoms with Crippen molar-refractivity contribution in [2.24, 2.45) is 5.92 Å². The summed E-state index contributed by atoms with van der Waals surface area (Å²) in [6.45, 7) is 7.65. The summed E-state index contributed by atoms with van der Waals surface area (Å²) in [5.41, 5.74) is 0. The van der Waals surface area contributed by atoms with Crippen molar-refractivity contribution in [2.45, 2.75) is 51.5 Å². The summed E-state index contributed by atoms with van der Waals surface area (Å²) >= 11 is 0. The van der Waals surface area contributed by atoms with Crippen molar-refractivity contribution in [1.82, 2.24) is 10.2 Å². The zero-order valence-corrected chi connectivity index (χ0v) is 10.2. The maximum atomic E-state index is 3.58. The van der Waals surface area contributed by atoms with Crippen LogP contribution in [0.5, 0.6) is 0 Å². The zero-order valence-electron chi connectivity index (χ0n) is 10.2. The minimum Gasteiger partial charge on any atom is -0.314 e. The van der Waals surface area contributed by atoms with E-state index in [0.29, 0.717) is 0 Å². The van der Waals surface area contributed by atoms with Crippen LogP contribution < -0.4 is 5.32 Å². The van der Waals surface area contributed by atoms with E-state index >= 15 is 0 Å². The van der Waals surface area contributed by atoms with Crippen LogP contribution in [-0.4, -0.2) is 37.1 Å². The summed E-state index contributed by atoms with van der Waals surface area (Å²) < 4.78 is 0. The molecule has 0 unspecified atom stereocenters. The van der Waals surface area contributed by atoms with Gasteiger partial charge in [-0.3, -0.25) is 0 Å². The molecule has 1 saturated carbocycles. The van der Waals surface area contributed by atoms with Crippen LogP contribution in [0, 0.1) is 5.92 Å². The first-order valence-corrected chi connectivity index (χ1v) is 6.80. The van der Waals surface area contributed by atoms with E-state index in [1.165, 1.54) is 64.7 Å². The highest BCUT2D eigenvalue weighted by molar-refractivity contribution is 4.80. The Labute approximate surface area is 94.4 Å². The third-order valence-electron chi connectivity index (χ3n) is 3.79. The zero-order chi connectivity index (χ0) is 10.5. The van der Waals surface area contributed by atoms with Crippen molar-refractivity contribution in [1.29, 1.82) is 0 Å². The maximum Gasteiger partial charge on any atom is 0.00682 e. The van der Waals surface area contributed by atoms with Crippen LogP contribution in [0.3, 0.4) is 0 Å². The average molecular weight is 210 g/mol. The second-order valence-electron chi connectivity index (χ2n) is 5.46. The lowest BCUT2D eigenvalue weighted by Crippen LogP contribution is -2.33. The molecule has 2 aliphatic rings. The van der Waals surface area contributed by atoms with Gasteiger partial charge in [0.25, 0.3) is 0 Å². The number of rotatable bonds is 6. The van der Waals surface area contributed by atoms with Crippen LogP contribution in [0.1, 0.15) is 45.4 Å². The Hall–Kier alpha value is -0.0800. The van der Waals surface area contributed by atoms with Crippen LogP contribution in [-0.2, 0) is 0 Å². The Morgan fingerprint density at radius 1 is 1.07 bits per heavy atom. The van der Waals surface area contributed by atoms with E-state index in [9.17, 15) is 0 Å². The number of nitrogens with zero attached hydrogens (tertiary/aromatic N) is 1. The number of piperidine rings is 1. The van der Waals surface area contributed by atoms with Crippen molar-refractivity contribution in [2.75, 3.05) is 26.2 Å². The van der Waals surface area contributed by atoms with Gasteiger partial charge < -0.3 is 10.2 Å². The molecule has 0 aromatic rings. The number of likely N-dealkylation sites (tertiary alicyclic amines) is 1. The molecule has 0 bridgehead atoms. The van der Waals surface area contributed by atoms with E-state index in [2.05, 4.69) is 17.1 Å². The van der Waals surface area contributed by atoms with Gasteiger partial charge in [0.05, 0.1) is 0 Å². The Kier molecular flexibility index (Phi) is 4.45. The lowest BCUT2D eigenvalue weighted by Gasteiger charge is -2.30. The van der Waals surface area contributed by atoms with Crippen LogP contribution in [0.4, 0.5) is 0 Å². The summed E-state index contributed by atoms with van der Waals surface area (Å²) in [7, 11) is 0. The molecule has 0 aromatic carbocycles. The molecule has 0 atom stereocenters. The Morgan fingerprint density at radius 2 is 1.80 bits per heavy atom. The van der Waals surface area contributed by atoms with Gasteiger partial charge in [0.1, 0.15) is 0 Å². The summed E-state index contributed by atoms with van der Waals surface area (Å²) in [5.74, 6) is 0.970. The topological polar surface area (TPSA) is 15.3 Å². The molecule has 0 aromatic heterocycles. The monoisotopic (exact) mass is 210 g/mol. The maximum absolute atomic E-state index is 3.58. The fourth-order valence-electron chi connectivity index (χ4n) is 2.34. The van der Waals surface area contributed by atoms with E-state index < -0.39 is 0 Å². The van der Waals surface area contributed by atoms with Crippen LogP contribution in [0.2, 0.25) is 0 Å². The molecule has 1 N–H and O–H groups in total. The van der Waals surface area contributed by atoms with Gasteiger partial charge in [0.2, 0.25) is 0 Å². The summed E-state index contributed by atoms with van der Waals surface area (Å²) in [4.78, 5) is 2.65. The van der Waals surface area contributed by atoms with Gasteiger partial charge in [-0.25, -0.2) is 0 Å². The SMILES string of the molecule is CC1CCN(CCCCNC2CC2)CC1. The Morgan fingerprint density at radius 3 is 2.47 bits per heavy atom. The van der Waals surface area contributed by atoms with E-state index in [1.807, 2.05) is 0 Å². The Balaban J connectivity index is 1.43. The smallest absolute Gasteiger partial charge is 0.00682 e. The first-order chi connectivity index (χ1) is 7.34. The van der Waals surface area contributed by atoms with Crippen molar-refractivity contribution in [3.63, 3.8) is 0 Å². The molecule has 2 nitrogen and oxygen atoms in total. The molecule has 1 saturated heterocycles. The normalized spacial score (nSPS) is 24.6. The standard InChI is InChI=1S/C13H26N2/c1-12-6-10-15(11-7-12)9-3-2-8-14-13-4-5-13/h12-14H,2-11H2,1H3. The molecular formula is C13H26N2. The van der Waals surface area contributed by atoms with Crippen molar-refractivity contribution in [3.8, 4) is 0 Å². The number of unbranched alkanes of at least 4 members (excludes halogenated alkanes) is 1.